The van der Waals surface area contributed by atoms with E-state index in [1.807, 2.05) is 18.2 Å². The lowest BCUT2D eigenvalue weighted by molar-refractivity contribution is 0.151. The zero-order chi connectivity index (χ0) is 10.6. The summed E-state index contributed by atoms with van der Waals surface area (Å²) in [6.45, 7) is -0.509. The standard InChI is InChI=1S/C9H10BrFINO/c10-8-3-6(12)1-2-9(8)13-5-7(14)4-11/h1-3,7,13-14H,4-5H2. The van der Waals surface area contributed by atoms with Gasteiger partial charge in [-0.15, -0.1) is 0 Å². The molecule has 0 aliphatic heterocycles. The predicted molar refractivity (Wildman–Crippen MR) is 67.3 cm³/mol. The van der Waals surface area contributed by atoms with Crippen LogP contribution in [0.2, 0.25) is 0 Å². The number of hydrogen-bond donors (Lipinski definition) is 2. The highest BCUT2D eigenvalue weighted by molar-refractivity contribution is 14.1. The van der Waals surface area contributed by atoms with Gasteiger partial charge in [0.25, 0.3) is 0 Å². The topological polar surface area (TPSA) is 32.3 Å². The van der Waals surface area contributed by atoms with Crippen molar-refractivity contribution in [3.8, 4) is 0 Å². The monoisotopic (exact) mass is 373 g/mol. The Morgan fingerprint density at radius 1 is 1.57 bits per heavy atom. The molecule has 0 spiro atoms. The van der Waals surface area contributed by atoms with Crippen LogP contribution in [0.3, 0.4) is 0 Å². The first-order valence-corrected chi connectivity index (χ1v) is 5.93. The van der Waals surface area contributed by atoms with Crippen LogP contribution in [0.5, 0.6) is 0 Å². The summed E-state index contributed by atoms with van der Waals surface area (Å²) in [5, 5.41) is 12.0. The van der Waals surface area contributed by atoms with Crippen LogP contribution in [0.25, 0.3) is 0 Å². The van der Waals surface area contributed by atoms with E-state index in [0.29, 0.717) is 0 Å². The van der Waals surface area contributed by atoms with Gasteiger partial charge in [0, 0.05) is 20.3 Å². The lowest BCUT2D eigenvalue weighted by Gasteiger charge is -2.11. The molecule has 2 N–H and O–H groups in total. The van der Waals surface area contributed by atoms with E-state index in [9.17, 15) is 4.39 Å². The molecule has 0 aliphatic carbocycles. The van der Waals surface area contributed by atoms with E-state index in [2.05, 4.69) is 43.8 Å². The Labute approximate surface area is 104 Å². The van der Waals surface area contributed by atoms with Gasteiger partial charge in [0.05, 0.1) is 6.10 Å². The molecular weight excluding hydrogens is 364 g/mol. The van der Waals surface area contributed by atoms with E-state index in [0.717, 1.165) is 13.7 Å². The molecule has 1 aromatic carbocycles. The number of rotatable bonds is 4. The van der Waals surface area contributed by atoms with Crippen molar-refractivity contribution in [1.29, 1.82) is 0 Å². The van der Waals surface area contributed by atoms with Gasteiger partial charge in [-0.3, -0.25) is 0 Å². The van der Waals surface area contributed by atoms with Gasteiger partial charge in [-0.2, -0.15) is 0 Å². The molecule has 78 valence electrons. The molecule has 0 radical (unpaired) electrons. The number of anilines is 1. The minimum Gasteiger partial charge on any atom is -0.389 e. The molecule has 0 heterocycles. The lowest BCUT2D eigenvalue weighted by atomic mass is 10.3. The van der Waals surface area contributed by atoms with Crippen molar-refractivity contribution in [2.45, 2.75) is 6.10 Å². The molecule has 1 unspecified atom stereocenters. The van der Waals surface area contributed by atoms with E-state index >= 15 is 0 Å². The van der Waals surface area contributed by atoms with Gasteiger partial charge in [-0.05, 0) is 56.7 Å². The van der Waals surface area contributed by atoms with Crippen LogP contribution in [0.15, 0.2) is 22.7 Å². The van der Waals surface area contributed by atoms with Crippen LogP contribution in [0.1, 0.15) is 0 Å². The maximum Gasteiger partial charge on any atom is 0.117 e. The van der Waals surface area contributed by atoms with Crippen LogP contribution in [0, 0.1) is 3.57 Å². The summed E-state index contributed by atoms with van der Waals surface area (Å²) >= 11 is 5.58. The smallest absolute Gasteiger partial charge is 0.117 e. The number of aliphatic hydroxyl groups excluding tert-OH is 1. The quantitative estimate of drug-likeness (QED) is 0.795. The van der Waals surface area contributed by atoms with E-state index < -0.39 is 12.8 Å². The van der Waals surface area contributed by atoms with E-state index in [4.69, 9.17) is 5.11 Å². The largest absolute Gasteiger partial charge is 0.389 e. The Morgan fingerprint density at radius 3 is 2.86 bits per heavy atom. The van der Waals surface area contributed by atoms with Crippen molar-refractivity contribution < 1.29 is 9.50 Å². The van der Waals surface area contributed by atoms with Crippen LogP contribution in [-0.2, 0) is 0 Å². The molecule has 0 aliphatic rings. The van der Waals surface area contributed by atoms with Crippen LogP contribution >= 0.6 is 38.5 Å². The Hall–Kier alpha value is 0.120. The second-order valence-electron chi connectivity index (χ2n) is 2.81. The van der Waals surface area contributed by atoms with Gasteiger partial charge < -0.3 is 10.4 Å². The van der Waals surface area contributed by atoms with Crippen LogP contribution < -0.4 is 5.32 Å². The first kappa shape index (κ1) is 12.2. The molecule has 0 saturated heterocycles. The summed E-state index contributed by atoms with van der Waals surface area (Å²) in [6, 6.07) is 5.77. The van der Waals surface area contributed by atoms with Gasteiger partial charge >= 0.3 is 0 Å². The predicted octanol–water partition coefficient (Wildman–Crippen LogP) is 2.80. The summed E-state index contributed by atoms with van der Waals surface area (Å²) in [5.74, 6) is 0. The molecule has 1 atom stereocenters. The van der Waals surface area contributed by atoms with E-state index in [-0.39, 0.29) is 6.54 Å². The Balaban J connectivity index is 2.59. The maximum absolute atomic E-state index is 12.0. The SMILES string of the molecule is OC(CF)CNc1ccc(I)cc1Br. The molecule has 0 saturated carbocycles. The molecule has 5 heteroatoms. The minimum absolute atomic E-state index is 0.218. The normalized spacial score (nSPS) is 12.6. The summed E-state index contributed by atoms with van der Waals surface area (Å²) in [6.07, 6.45) is -0.943. The molecule has 1 rings (SSSR count). The van der Waals surface area contributed by atoms with Crippen LogP contribution in [-0.4, -0.2) is 24.4 Å². The highest BCUT2D eigenvalue weighted by Crippen LogP contribution is 2.24. The summed E-state index contributed by atoms with van der Waals surface area (Å²) in [4.78, 5) is 0. The average Bonchev–Trinajstić information content (AvgIpc) is 2.16. The van der Waals surface area contributed by atoms with Crippen molar-refractivity contribution in [2.24, 2.45) is 0 Å². The first-order valence-electron chi connectivity index (χ1n) is 4.06. The highest BCUT2D eigenvalue weighted by atomic mass is 127. The molecule has 1 aromatic rings. The third kappa shape index (κ3) is 3.70. The number of benzene rings is 1. The van der Waals surface area contributed by atoms with Crippen molar-refractivity contribution >= 4 is 44.2 Å². The number of nitrogens with one attached hydrogen (secondary N) is 1. The molecule has 0 fully saturated rings. The Morgan fingerprint density at radius 2 is 2.29 bits per heavy atom. The van der Waals surface area contributed by atoms with E-state index in [1.54, 1.807) is 0 Å². The molecular formula is C9H10BrFINO. The van der Waals surface area contributed by atoms with Gasteiger partial charge in [0.2, 0.25) is 0 Å². The Bertz CT molecular complexity index is 311. The highest BCUT2D eigenvalue weighted by Gasteiger charge is 2.04. The van der Waals surface area contributed by atoms with Gasteiger partial charge in [0.1, 0.15) is 6.67 Å². The summed E-state index contributed by atoms with van der Waals surface area (Å²) < 4.78 is 14.0. The van der Waals surface area contributed by atoms with Gasteiger partial charge in [0.15, 0.2) is 0 Å². The van der Waals surface area contributed by atoms with Crippen molar-refractivity contribution in [3.63, 3.8) is 0 Å². The lowest BCUT2D eigenvalue weighted by Crippen LogP contribution is -2.21. The van der Waals surface area contributed by atoms with Gasteiger partial charge in [-0.25, -0.2) is 4.39 Å². The number of aliphatic hydroxyl groups is 1. The third-order valence-electron chi connectivity index (χ3n) is 1.64. The van der Waals surface area contributed by atoms with Crippen molar-refractivity contribution in [2.75, 3.05) is 18.5 Å². The Kier molecular flexibility index (Phi) is 5.11. The van der Waals surface area contributed by atoms with Crippen LogP contribution in [0.4, 0.5) is 10.1 Å². The second-order valence-corrected chi connectivity index (χ2v) is 4.91. The summed E-state index contributed by atoms with van der Waals surface area (Å²) in [5.41, 5.74) is 0.859. The molecule has 0 amide bonds. The molecule has 0 aromatic heterocycles. The molecule has 2 nitrogen and oxygen atoms in total. The third-order valence-corrected chi connectivity index (χ3v) is 2.96. The summed E-state index contributed by atoms with van der Waals surface area (Å²) in [7, 11) is 0. The number of halogens is 3. The maximum atomic E-state index is 12.0. The first-order chi connectivity index (χ1) is 6.63. The van der Waals surface area contributed by atoms with Crippen molar-refractivity contribution in [1.82, 2.24) is 0 Å². The number of hydrogen-bond acceptors (Lipinski definition) is 2. The molecule has 14 heavy (non-hydrogen) atoms. The fourth-order valence-electron chi connectivity index (χ4n) is 0.915. The average molecular weight is 374 g/mol. The van der Waals surface area contributed by atoms with Gasteiger partial charge in [-0.1, -0.05) is 0 Å². The number of alkyl halides is 1. The zero-order valence-corrected chi connectivity index (χ0v) is 11.0. The fraction of sp³-hybridized carbons (Fsp3) is 0.333. The fourth-order valence-corrected chi connectivity index (χ4v) is 2.35. The minimum atomic E-state index is -0.943. The van der Waals surface area contributed by atoms with E-state index in [1.165, 1.54) is 0 Å². The van der Waals surface area contributed by atoms with Crippen molar-refractivity contribution in [3.05, 3.63) is 26.2 Å². The zero-order valence-electron chi connectivity index (χ0n) is 7.30. The second kappa shape index (κ2) is 5.87. The molecule has 0 bridgehead atoms.